The van der Waals surface area contributed by atoms with E-state index in [1.165, 1.54) is 19.3 Å². The topological polar surface area (TPSA) is 59.8 Å². The number of hydrogen-bond acceptors (Lipinski definition) is 5. The second-order valence-corrected chi connectivity index (χ2v) is 5.70. The molecule has 0 aromatic heterocycles. The number of hydrazine groups is 1. The van der Waals surface area contributed by atoms with Crippen molar-refractivity contribution in [3.63, 3.8) is 0 Å². The number of nitrogens with one attached hydrogen (secondary N) is 1. The third kappa shape index (κ3) is 4.68. The Bertz CT molecular complexity index is 245. The maximum Gasteiger partial charge on any atom is 0.0868 e. The Balaban J connectivity index is 1.75. The van der Waals surface area contributed by atoms with Crippen LogP contribution in [-0.4, -0.2) is 56.0 Å². The van der Waals surface area contributed by atoms with Crippen LogP contribution in [0.15, 0.2) is 0 Å². The molecule has 2 heterocycles. The van der Waals surface area contributed by atoms with Gasteiger partial charge in [0.1, 0.15) is 0 Å². The average Bonchev–Trinajstić information content (AvgIpc) is 2.94. The standard InChI is InChI=1S/C14H29N3O2/c1-2-7-17-8-10-19-14(11-17)13(16-15)6-5-12-4-3-9-18-12/h12-14,16H,2-11,15H2,1H3. The van der Waals surface area contributed by atoms with E-state index in [4.69, 9.17) is 15.3 Å². The maximum absolute atomic E-state index is 5.90. The van der Waals surface area contributed by atoms with Gasteiger partial charge in [-0.15, -0.1) is 0 Å². The Kier molecular flexibility index (Phi) is 6.53. The second kappa shape index (κ2) is 8.17. The van der Waals surface area contributed by atoms with E-state index < -0.39 is 0 Å². The zero-order chi connectivity index (χ0) is 13.5. The Morgan fingerprint density at radius 3 is 2.95 bits per heavy atom. The van der Waals surface area contributed by atoms with E-state index in [0.717, 1.165) is 45.7 Å². The van der Waals surface area contributed by atoms with E-state index in [2.05, 4.69) is 17.2 Å². The van der Waals surface area contributed by atoms with E-state index in [9.17, 15) is 0 Å². The molecule has 0 amide bonds. The lowest BCUT2D eigenvalue weighted by atomic mass is 10.0. The zero-order valence-corrected chi connectivity index (χ0v) is 12.1. The van der Waals surface area contributed by atoms with Crippen LogP contribution in [0.2, 0.25) is 0 Å². The molecule has 3 unspecified atom stereocenters. The first kappa shape index (κ1) is 15.2. The number of rotatable bonds is 7. The number of ether oxygens (including phenoxy) is 2. The van der Waals surface area contributed by atoms with Crippen LogP contribution in [0.1, 0.15) is 39.0 Å². The van der Waals surface area contributed by atoms with Gasteiger partial charge in [-0.3, -0.25) is 16.2 Å². The van der Waals surface area contributed by atoms with Crippen LogP contribution in [0, 0.1) is 0 Å². The number of morpholine rings is 1. The van der Waals surface area contributed by atoms with Gasteiger partial charge in [0.2, 0.25) is 0 Å². The highest BCUT2D eigenvalue weighted by Gasteiger charge is 2.28. The van der Waals surface area contributed by atoms with Crippen LogP contribution in [0.3, 0.4) is 0 Å². The summed E-state index contributed by atoms with van der Waals surface area (Å²) >= 11 is 0. The largest absolute Gasteiger partial charge is 0.378 e. The van der Waals surface area contributed by atoms with Crippen molar-refractivity contribution in [3.8, 4) is 0 Å². The van der Waals surface area contributed by atoms with E-state index in [-0.39, 0.29) is 12.1 Å². The number of nitrogens with two attached hydrogens (primary N) is 1. The van der Waals surface area contributed by atoms with Crippen molar-refractivity contribution in [1.29, 1.82) is 0 Å². The molecule has 19 heavy (non-hydrogen) atoms. The Labute approximate surface area is 116 Å². The van der Waals surface area contributed by atoms with Gasteiger partial charge in [-0.05, 0) is 38.6 Å². The molecule has 5 nitrogen and oxygen atoms in total. The van der Waals surface area contributed by atoms with Gasteiger partial charge in [0.05, 0.1) is 18.8 Å². The lowest BCUT2D eigenvalue weighted by Gasteiger charge is -2.37. The summed E-state index contributed by atoms with van der Waals surface area (Å²) in [5, 5.41) is 0. The molecule has 0 spiro atoms. The second-order valence-electron chi connectivity index (χ2n) is 5.70. The maximum atomic E-state index is 5.90. The van der Waals surface area contributed by atoms with Crippen LogP contribution >= 0.6 is 0 Å². The Morgan fingerprint density at radius 2 is 2.26 bits per heavy atom. The predicted molar refractivity (Wildman–Crippen MR) is 75.8 cm³/mol. The molecule has 0 saturated carbocycles. The number of nitrogens with zero attached hydrogens (tertiary/aromatic N) is 1. The van der Waals surface area contributed by atoms with Gasteiger partial charge in [0, 0.05) is 25.7 Å². The molecule has 2 rings (SSSR count). The third-order valence-electron chi connectivity index (χ3n) is 4.20. The van der Waals surface area contributed by atoms with Gasteiger partial charge < -0.3 is 9.47 Å². The summed E-state index contributed by atoms with van der Waals surface area (Å²) in [6.07, 6.45) is 6.37. The molecule has 2 aliphatic heterocycles. The number of hydrogen-bond donors (Lipinski definition) is 2. The molecule has 5 heteroatoms. The Hall–Kier alpha value is -0.200. The first-order valence-electron chi connectivity index (χ1n) is 7.75. The molecule has 112 valence electrons. The van der Waals surface area contributed by atoms with E-state index in [1.807, 2.05) is 0 Å². The van der Waals surface area contributed by atoms with Crippen LogP contribution in [0.25, 0.3) is 0 Å². The molecule has 0 aromatic carbocycles. The summed E-state index contributed by atoms with van der Waals surface area (Å²) in [6.45, 7) is 7.17. The highest BCUT2D eigenvalue weighted by atomic mass is 16.5. The van der Waals surface area contributed by atoms with Gasteiger partial charge >= 0.3 is 0 Å². The molecule has 3 atom stereocenters. The third-order valence-corrected chi connectivity index (χ3v) is 4.20. The molecule has 0 aliphatic carbocycles. The van der Waals surface area contributed by atoms with E-state index >= 15 is 0 Å². The molecule has 3 N–H and O–H groups in total. The van der Waals surface area contributed by atoms with Crippen molar-refractivity contribution in [2.75, 3.05) is 32.8 Å². The fraction of sp³-hybridized carbons (Fsp3) is 1.00. The first-order valence-corrected chi connectivity index (χ1v) is 7.75. The van der Waals surface area contributed by atoms with Crippen molar-refractivity contribution in [2.45, 2.75) is 57.3 Å². The van der Waals surface area contributed by atoms with Gasteiger partial charge in [-0.25, -0.2) is 0 Å². The molecule has 0 aromatic rings. The normalized spacial score (nSPS) is 30.6. The van der Waals surface area contributed by atoms with Crippen LogP contribution in [0.5, 0.6) is 0 Å². The van der Waals surface area contributed by atoms with Crippen molar-refractivity contribution < 1.29 is 9.47 Å². The zero-order valence-electron chi connectivity index (χ0n) is 12.1. The van der Waals surface area contributed by atoms with Gasteiger partial charge in [0.25, 0.3) is 0 Å². The first-order chi connectivity index (χ1) is 9.33. The van der Waals surface area contributed by atoms with Crippen LogP contribution < -0.4 is 11.3 Å². The van der Waals surface area contributed by atoms with E-state index in [1.54, 1.807) is 0 Å². The van der Waals surface area contributed by atoms with Crippen LogP contribution in [-0.2, 0) is 9.47 Å². The minimum absolute atomic E-state index is 0.215. The highest BCUT2D eigenvalue weighted by Crippen LogP contribution is 2.20. The summed E-state index contributed by atoms with van der Waals surface area (Å²) in [5.74, 6) is 5.72. The van der Waals surface area contributed by atoms with Gasteiger partial charge in [0.15, 0.2) is 0 Å². The molecule has 2 fully saturated rings. The summed E-state index contributed by atoms with van der Waals surface area (Å²) in [4.78, 5) is 2.48. The fourth-order valence-electron chi connectivity index (χ4n) is 3.11. The lowest BCUT2D eigenvalue weighted by Crippen LogP contribution is -2.54. The molecule has 2 saturated heterocycles. The SMILES string of the molecule is CCCN1CCOC(C(CCC2CCCO2)NN)C1. The Morgan fingerprint density at radius 1 is 1.37 bits per heavy atom. The minimum Gasteiger partial charge on any atom is -0.378 e. The molecule has 2 aliphatic rings. The summed E-state index contributed by atoms with van der Waals surface area (Å²) in [5.41, 5.74) is 2.95. The van der Waals surface area contributed by atoms with Gasteiger partial charge in [-0.2, -0.15) is 0 Å². The molecule has 0 radical (unpaired) electrons. The predicted octanol–water partition coefficient (Wildman–Crippen LogP) is 0.888. The molecular weight excluding hydrogens is 242 g/mol. The monoisotopic (exact) mass is 271 g/mol. The quantitative estimate of drug-likeness (QED) is 0.532. The highest BCUT2D eigenvalue weighted by molar-refractivity contribution is 4.83. The summed E-state index contributed by atoms with van der Waals surface area (Å²) < 4.78 is 11.6. The molecular formula is C14H29N3O2. The lowest BCUT2D eigenvalue weighted by molar-refractivity contribution is -0.0496. The summed E-state index contributed by atoms with van der Waals surface area (Å²) in [6, 6.07) is 0.240. The summed E-state index contributed by atoms with van der Waals surface area (Å²) in [7, 11) is 0. The van der Waals surface area contributed by atoms with Crippen molar-refractivity contribution in [1.82, 2.24) is 10.3 Å². The van der Waals surface area contributed by atoms with Crippen LogP contribution in [0.4, 0.5) is 0 Å². The molecule has 0 bridgehead atoms. The van der Waals surface area contributed by atoms with Crippen molar-refractivity contribution in [3.05, 3.63) is 0 Å². The smallest absolute Gasteiger partial charge is 0.0868 e. The van der Waals surface area contributed by atoms with Crippen molar-refractivity contribution >= 4 is 0 Å². The van der Waals surface area contributed by atoms with Gasteiger partial charge in [-0.1, -0.05) is 6.92 Å². The van der Waals surface area contributed by atoms with Crippen molar-refractivity contribution in [2.24, 2.45) is 5.84 Å². The fourth-order valence-corrected chi connectivity index (χ4v) is 3.11. The van der Waals surface area contributed by atoms with E-state index in [0.29, 0.717) is 6.10 Å². The average molecular weight is 271 g/mol. The minimum atomic E-state index is 0.215.